The van der Waals surface area contributed by atoms with Crippen LogP contribution >= 0.6 is 15.9 Å². The van der Waals surface area contributed by atoms with E-state index in [2.05, 4.69) is 26.1 Å². The van der Waals surface area contributed by atoms with Gasteiger partial charge in [0.05, 0.1) is 13.1 Å². The van der Waals surface area contributed by atoms with E-state index < -0.39 is 0 Å². The van der Waals surface area contributed by atoms with Crippen LogP contribution in [-0.4, -0.2) is 52.5 Å². The summed E-state index contributed by atoms with van der Waals surface area (Å²) in [5.41, 5.74) is 0.885. The molecule has 0 saturated heterocycles. The third kappa shape index (κ3) is 4.87. The van der Waals surface area contributed by atoms with Gasteiger partial charge < -0.3 is 9.42 Å². The molecule has 2 aromatic rings. The van der Waals surface area contributed by atoms with Crippen molar-refractivity contribution in [1.29, 1.82) is 0 Å². The number of halogens is 1. The molecule has 0 radical (unpaired) electrons. The van der Waals surface area contributed by atoms with Gasteiger partial charge >= 0.3 is 0 Å². The minimum absolute atomic E-state index is 0.101. The predicted octanol–water partition coefficient (Wildman–Crippen LogP) is 2.80. The summed E-state index contributed by atoms with van der Waals surface area (Å²) in [4.78, 5) is 20.1. The number of hydrogen-bond donors (Lipinski definition) is 0. The zero-order chi connectivity index (χ0) is 16.8. The van der Waals surface area contributed by atoms with E-state index in [1.54, 1.807) is 4.90 Å². The number of carbonyl (C=O) groups is 1. The smallest absolute Gasteiger partial charge is 0.241 e. The van der Waals surface area contributed by atoms with E-state index in [4.69, 9.17) is 4.52 Å². The van der Waals surface area contributed by atoms with Gasteiger partial charge in [-0.3, -0.25) is 9.69 Å². The number of likely N-dealkylation sites (N-methyl/N-ethyl adjacent to an activating group) is 2. The first-order valence-electron chi connectivity index (χ1n) is 7.58. The fourth-order valence-electron chi connectivity index (χ4n) is 2.26. The molecule has 7 heteroatoms. The van der Waals surface area contributed by atoms with Crippen molar-refractivity contribution in [2.45, 2.75) is 20.4 Å². The van der Waals surface area contributed by atoms with E-state index in [1.165, 1.54) is 0 Å². The van der Waals surface area contributed by atoms with E-state index in [1.807, 2.05) is 50.1 Å². The molecule has 0 saturated carbocycles. The minimum Gasteiger partial charge on any atom is -0.342 e. The molecule has 1 heterocycles. The third-order valence-corrected chi connectivity index (χ3v) is 3.97. The maximum absolute atomic E-state index is 12.1. The average Bonchev–Trinajstić information content (AvgIpc) is 2.96. The molecule has 23 heavy (non-hydrogen) atoms. The molecule has 0 atom stereocenters. The van der Waals surface area contributed by atoms with Crippen molar-refractivity contribution in [2.75, 3.05) is 26.7 Å². The molecular formula is C16H21BrN4O2. The molecule has 0 spiro atoms. The number of aromatic nitrogens is 2. The summed E-state index contributed by atoms with van der Waals surface area (Å²) in [6.45, 7) is 6.16. The van der Waals surface area contributed by atoms with Crippen molar-refractivity contribution in [3.8, 4) is 11.4 Å². The molecule has 124 valence electrons. The van der Waals surface area contributed by atoms with Crippen molar-refractivity contribution in [3.05, 3.63) is 34.6 Å². The van der Waals surface area contributed by atoms with E-state index >= 15 is 0 Å². The molecule has 1 aromatic heterocycles. The van der Waals surface area contributed by atoms with Crippen LogP contribution in [-0.2, 0) is 11.3 Å². The number of nitrogens with zero attached hydrogens (tertiary/aromatic N) is 4. The molecule has 0 N–H and O–H groups in total. The van der Waals surface area contributed by atoms with Gasteiger partial charge in [-0.2, -0.15) is 4.98 Å². The maximum atomic E-state index is 12.1. The highest BCUT2D eigenvalue weighted by molar-refractivity contribution is 9.10. The van der Waals surface area contributed by atoms with Crippen LogP contribution in [0.1, 0.15) is 19.7 Å². The molecule has 2 rings (SSSR count). The SMILES string of the molecule is CCN(CC)C(=O)CN(C)Cc1nc(-c2cccc(Br)c2)no1. The summed E-state index contributed by atoms with van der Waals surface area (Å²) < 4.78 is 6.24. The van der Waals surface area contributed by atoms with Crippen molar-refractivity contribution in [2.24, 2.45) is 0 Å². The lowest BCUT2D eigenvalue weighted by Crippen LogP contribution is -2.38. The lowest BCUT2D eigenvalue weighted by molar-refractivity contribution is -0.131. The summed E-state index contributed by atoms with van der Waals surface area (Å²) in [6, 6.07) is 7.72. The molecule has 0 bridgehead atoms. The Balaban J connectivity index is 1.97. The predicted molar refractivity (Wildman–Crippen MR) is 91.7 cm³/mol. The zero-order valence-electron chi connectivity index (χ0n) is 13.6. The summed E-state index contributed by atoms with van der Waals surface area (Å²) in [7, 11) is 1.87. The van der Waals surface area contributed by atoms with Crippen molar-refractivity contribution < 1.29 is 9.32 Å². The Labute approximate surface area is 144 Å². The van der Waals surface area contributed by atoms with Crippen LogP contribution in [0.2, 0.25) is 0 Å². The number of carbonyl (C=O) groups excluding carboxylic acids is 1. The first-order chi connectivity index (χ1) is 11.0. The maximum Gasteiger partial charge on any atom is 0.241 e. The Kier molecular flexibility index (Phi) is 6.29. The third-order valence-electron chi connectivity index (χ3n) is 3.48. The van der Waals surface area contributed by atoms with Crippen LogP contribution in [0, 0.1) is 0 Å². The van der Waals surface area contributed by atoms with Crippen LogP contribution in [0.4, 0.5) is 0 Å². The van der Waals surface area contributed by atoms with Crippen molar-refractivity contribution in [1.82, 2.24) is 19.9 Å². The van der Waals surface area contributed by atoms with E-state index in [9.17, 15) is 4.79 Å². The number of hydrogen-bond acceptors (Lipinski definition) is 5. The number of amides is 1. The lowest BCUT2D eigenvalue weighted by Gasteiger charge is -2.22. The van der Waals surface area contributed by atoms with Gasteiger partial charge in [-0.25, -0.2) is 0 Å². The molecule has 0 fully saturated rings. The van der Waals surface area contributed by atoms with Crippen LogP contribution in [0.5, 0.6) is 0 Å². The first kappa shape index (κ1) is 17.6. The highest BCUT2D eigenvalue weighted by atomic mass is 79.9. The van der Waals surface area contributed by atoms with E-state index in [-0.39, 0.29) is 5.91 Å². The van der Waals surface area contributed by atoms with Crippen LogP contribution in [0.25, 0.3) is 11.4 Å². The Bertz CT molecular complexity index is 655. The van der Waals surface area contributed by atoms with Gasteiger partial charge in [-0.05, 0) is 33.0 Å². The molecule has 1 amide bonds. The molecule has 0 aliphatic carbocycles. The highest BCUT2D eigenvalue weighted by Gasteiger charge is 2.15. The van der Waals surface area contributed by atoms with Gasteiger partial charge in [-0.15, -0.1) is 0 Å². The van der Waals surface area contributed by atoms with Gasteiger partial charge in [0.15, 0.2) is 0 Å². The molecule has 0 aliphatic heterocycles. The standard InChI is InChI=1S/C16H21BrN4O2/c1-4-21(5-2)15(22)11-20(3)10-14-18-16(19-23-14)12-7-6-8-13(17)9-12/h6-9H,4-5,10-11H2,1-3H3. The average molecular weight is 381 g/mol. The summed E-state index contributed by atoms with van der Waals surface area (Å²) >= 11 is 3.42. The Morgan fingerprint density at radius 1 is 1.30 bits per heavy atom. The van der Waals surface area contributed by atoms with Crippen molar-refractivity contribution >= 4 is 21.8 Å². The fraction of sp³-hybridized carbons (Fsp3) is 0.438. The second-order valence-corrected chi connectivity index (χ2v) is 6.18. The van der Waals surface area contributed by atoms with Gasteiger partial charge in [0, 0.05) is 23.1 Å². The van der Waals surface area contributed by atoms with Gasteiger partial charge in [-0.1, -0.05) is 33.2 Å². The van der Waals surface area contributed by atoms with Gasteiger partial charge in [0.1, 0.15) is 0 Å². The fourth-order valence-corrected chi connectivity index (χ4v) is 2.66. The van der Waals surface area contributed by atoms with Gasteiger partial charge in [0.25, 0.3) is 0 Å². The summed E-state index contributed by atoms with van der Waals surface area (Å²) in [5.74, 6) is 1.14. The normalized spacial score (nSPS) is 11.0. The number of benzene rings is 1. The molecule has 0 aliphatic rings. The molecule has 1 aromatic carbocycles. The quantitative estimate of drug-likeness (QED) is 0.738. The lowest BCUT2D eigenvalue weighted by atomic mass is 10.2. The molecular weight excluding hydrogens is 360 g/mol. The minimum atomic E-state index is 0.101. The topological polar surface area (TPSA) is 62.5 Å². The summed E-state index contributed by atoms with van der Waals surface area (Å²) in [5, 5.41) is 4.00. The van der Waals surface area contributed by atoms with Crippen molar-refractivity contribution in [3.63, 3.8) is 0 Å². The second kappa shape index (κ2) is 8.21. The van der Waals surface area contributed by atoms with Crippen LogP contribution < -0.4 is 0 Å². The largest absolute Gasteiger partial charge is 0.342 e. The number of rotatable bonds is 7. The highest BCUT2D eigenvalue weighted by Crippen LogP contribution is 2.20. The second-order valence-electron chi connectivity index (χ2n) is 5.26. The van der Waals surface area contributed by atoms with Crippen LogP contribution in [0.15, 0.2) is 33.3 Å². The zero-order valence-corrected chi connectivity index (χ0v) is 15.2. The molecule has 6 nitrogen and oxygen atoms in total. The van der Waals surface area contributed by atoms with E-state index in [0.29, 0.717) is 24.8 Å². The monoisotopic (exact) mass is 380 g/mol. The molecule has 0 unspecified atom stereocenters. The summed E-state index contributed by atoms with van der Waals surface area (Å²) in [6.07, 6.45) is 0. The van der Waals surface area contributed by atoms with E-state index in [0.717, 1.165) is 23.1 Å². The Hall–Kier alpha value is -1.73. The first-order valence-corrected chi connectivity index (χ1v) is 8.37. The Morgan fingerprint density at radius 2 is 2.04 bits per heavy atom. The van der Waals surface area contributed by atoms with Crippen LogP contribution in [0.3, 0.4) is 0 Å². The Morgan fingerprint density at radius 3 is 2.70 bits per heavy atom. The van der Waals surface area contributed by atoms with Gasteiger partial charge in [0.2, 0.25) is 17.6 Å².